The van der Waals surface area contributed by atoms with E-state index in [-0.39, 0.29) is 16.7 Å². The molecular formula is C24H31N3O. The molecule has 4 heteroatoms. The molecule has 2 saturated carbocycles. The lowest BCUT2D eigenvalue weighted by atomic mass is 9.49. The maximum Gasteiger partial charge on any atom is 0.217 e. The molecule has 5 rings (SSSR count). The highest BCUT2D eigenvalue weighted by Crippen LogP contribution is 2.64. The van der Waals surface area contributed by atoms with E-state index in [1.807, 2.05) is 12.5 Å². The normalized spacial score (nSPS) is 39.1. The molecule has 4 aliphatic rings. The van der Waals surface area contributed by atoms with Crippen LogP contribution >= 0.6 is 0 Å². The maximum atomic E-state index is 11.5. The molecule has 1 heterocycles. The largest absolute Gasteiger partial charge is 0.353 e. The number of aromatic nitrogens is 2. The van der Waals surface area contributed by atoms with E-state index in [0.717, 1.165) is 25.2 Å². The lowest BCUT2D eigenvalue weighted by molar-refractivity contribution is -0.119. The number of hydrogen-bond donors (Lipinski definition) is 1. The van der Waals surface area contributed by atoms with E-state index in [9.17, 15) is 4.79 Å². The number of nitrogens with one attached hydrogen (secondary N) is 1. The maximum absolute atomic E-state index is 11.5. The Morgan fingerprint density at radius 1 is 1.25 bits per heavy atom. The highest BCUT2D eigenvalue weighted by molar-refractivity contribution is 5.73. The third-order valence-corrected chi connectivity index (χ3v) is 8.30. The molecule has 0 saturated heterocycles. The van der Waals surface area contributed by atoms with Crippen molar-refractivity contribution >= 4 is 11.6 Å². The summed E-state index contributed by atoms with van der Waals surface area (Å²) in [6, 6.07) is 0.322. The average Bonchev–Trinajstić information content (AvgIpc) is 3.28. The molecule has 1 aromatic rings. The lowest BCUT2D eigenvalue weighted by Crippen LogP contribution is -2.49. The molecule has 4 nitrogen and oxygen atoms in total. The van der Waals surface area contributed by atoms with Gasteiger partial charge in [-0.3, -0.25) is 4.79 Å². The second-order valence-electron chi connectivity index (χ2n) is 9.75. The summed E-state index contributed by atoms with van der Waals surface area (Å²) >= 11 is 0. The highest BCUT2D eigenvalue weighted by Gasteiger charge is 2.54. The van der Waals surface area contributed by atoms with Crippen LogP contribution in [0.4, 0.5) is 0 Å². The first kappa shape index (κ1) is 18.0. The van der Waals surface area contributed by atoms with Crippen molar-refractivity contribution in [2.24, 2.45) is 22.7 Å². The van der Waals surface area contributed by atoms with Gasteiger partial charge in [0.15, 0.2) is 0 Å². The van der Waals surface area contributed by atoms with E-state index in [1.54, 1.807) is 18.1 Å². The Bertz CT molecular complexity index is 893. The first-order valence-electron chi connectivity index (χ1n) is 10.8. The fourth-order valence-corrected chi connectivity index (χ4v) is 6.83. The van der Waals surface area contributed by atoms with E-state index >= 15 is 0 Å². The molecule has 1 N–H and O–H groups in total. The number of carbonyl (C=O) groups excluding carboxylic acids is 1. The Hall–Kier alpha value is -2.10. The van der Waals surface area contributed by atoms with E-state index in [1.165, 1.54) is 25.0 Å². The van der Waals surface area contributed by atoms with E-state index < -0.39 is 0 Å². The van der Waals surface area contributed by atoms with E-state index in [0.29, 0.717) is 12.0 Å². The van der Waals surface area contributed by atoms with Crippen molar-refractivity contribution < 1.29 is 4.79 Å². The van der Waals surface area contributed by atoms with Crippen molar-refractivity contribution in [3.8, 4) is 0 Å². The predicted octanol–water partition coefficient (Wildman–Crippen LogP) is 4.72. The molecule has 28 heavy (non-hydrogen) atoms. The first-order chi connectivity index (χ1) is 13.4. The van der Waals surface area contributed by atoms with Gasteiger partial charge < -0.3 is 9.88 Å². The zero-order valence-corrected chi connectivity index (χ0v) is 17.2. The minimum absolute atomic E-state index is 0.102. The molecule has 2 fully saturated rings. The van der Waals surface area contributed by atoms with Gasteiger partial charge >= 0.3 is 0 Å². The SMILES string of the molecule is CC(=O)N[C@@H]1CC[C@@]2(C)C(=CCC3C4=CC=C(n5ccnc5)[C@@]4(C)CCC32)C1. The van der Waals surface area contributed by atoms with Gasteiger partial charge in [-0.2, -0.15) is 0 Å². The summed E-state index contributed by atoms with van der Waals surface area (Å²) in [5.41, 5.74) is 5.04. The van der Waals surface area contributed by atoms with E-state index in [4.69, 9.17) is 0 Å². The van der Waals surface area contributed by atoms with Crippen LogP contribution in [-0.4, -0.2) is 21.5 Å². The van der Waals surface area contributed by atoms with Gasteiger partial charge in [0, 0.05) is 36.5 Å². The third-order valence-electron chi connectivity index (χ3n) is 8.30. The molecule has 0 spiro atoms. The Kier molecular flexibility index (Phi) is 3.98. The van der Waals surface area contributed by atoms with Gasteiger partial charge in [-0.05, 0) is 61.9 Å². The van der Waals surface area contributed by atoms with Crippen molar-refractivity contribution in [2.75, 3.05) is 0 Å². The Morgan fingerprint density at radius 2 is 2.11 bits per heavy atom. The molecule has 4 aliphatic carbocycles. The molecule has 148 valence electrons. The molecule has 1 aromatic heterocycles. The molecule has 0 aromatic carbocycles. The van der Waals surface area contributed by atoms with Gasteiger partial charge in [0.25, 0.3) is 0 Å². The zero-order chi connectivity index (χ0) is 19.5. The van der Waals surface area contributed by atoms with Crippen LogP contribution in [0.5, 0.6) is 0 Å². The smallest absolute Gasteiger partial charge is 0.217 e. The monoisotopic (exact) mass is 377 g/mol. The Balaban J connectivity index is 1.43. The molecule has 0 bridgehead atoms. The number of imidazole rings is 1. The van der Waals surface area contributed by atoms with Crippen molar-refractivity contribution in [1.29, 1.82) is 0 Å². The fraction of sp³-hybridized carbons (Fsp3) is 0.583. The third kappa shape index (κ3) is 2.49. The van der Waals surface area contributed by atoms with Gasteiger partial charge in [-0.25, -0.2) is 4.98 Å². The number of rotatable bonds is 2. The van der Waals surface area contributed by atoms with Gasteiger partial charge in [-0.15, -0.1) is 0 Å². The number of fused-ring (bicyclic) bond motifs is 5. The van der Waals surface area contributed by atoms with Crippen molar-refractivity contribution in [1.82, 2.24) is 14.9 Å². The summed E-state index contributed by atoms with van der Waals surface area (Å²) in [5, 5.41) is 3.16. The van der Waals surface area contributed by atoms with E-state index in [2.05, 4.69) is 53.1 Å². The van der Waals surface area contributed by atoms with Crippen molar-refractivity contribution in [3.63, 3.8) is 0 Å². The van der Waals surface area contributed by atoms with Gasteiger partial charge in [0.05, 0.1) is 6.33 Å². The first-order valence-corrected chi connectivity index (χ1v) is 10.8. The topological polar surface area (TPSA) is 46.9 Å². The van der Waals surface area contributed by atoms with Gasteiger partial charge in [-0.1, -0.05) is 37.1 Å². The quantitative estimate of drug-likeness (QED) is 0.758. The molecule has 2 unspecified atom stereocenters. The lowest BCUT2D eigenvalue weighted by Gasteiger charge is -2.56. The predicted molar refractivity (Wildman–Crippen MR) is 111 cm³/mol. The fourth-order valence-electron chi connectivity index (χ4n) is 6.83. The van der Waals surface area contributed by atoms with Crippen LogP contribution in [-0.2, 0) is 4.79 Å². The number of nitrogens with zero attached hydrogens (tertiary/aromatic N) is 2. The van der Waals surface area contributed by atoms with Crippen LogP contribution in [0.15, 0.2) is 48.1 Å². The number of amides is 1. The number of hydrogen-bond acceptors (Lipinski definition) is 2. The van der Waals surface area contributed by atoms with Crippen molar-refractivity contribution in [2.45, 2.75) is 65.3 Å². The average molecular weight is 378 g/mol. The zero-order valence-electron chi connectivity index (χ0n) is 17.2. The summed E-state index contributed by atoms with van der Waals surface area (Å²) in [6.07, 6.45) is 20.1. The highest BCUT2D eigenvalue weighted by atomic mass is 16.1. The van der Waals surface area contributed by atoms with Crippen LogP contribution < -0.4 is 5.32 Å². The van der Waals surface area contributed by atoms with Crippen LogP contribution in [0, 0.1) is 22.7 Å². The number of allylic oxidation sites excluding steroid dienone is 5. The Labute approximate surface area is 167 Å². The summed E-state index contributed by atoms with van der Waals surface area (Å²) in [6.45, 7) is 6.57. The molecule has 0 aliphatic heterocycles. The van der Waals surface area contributed by atoms with Crippen LogP contribution in [0.25, 0.3) is 5.70 Å². The summed E-state index contributed by atoms with van der Waals surface area (Å²) in [5.74, 6) is 1.47. The van der Waals surface area contributed by atoms with Crippen LogP contribution in [0.2, 0.25) is 0 Å². The second-order valence-corrected chi connectivity index (χ2v) is 9.75. The van der Waals surface area contributed by atoms with Crippen LogP contribution in [0.3, 0.4) is 0 Å². The molecule has 0 radical (unpaired) electrons. The van der Waals surface area contributed by atoms with Crippen LogP contribution in [0.1, 0.15) is 59.3 Å². The van der Waals surface area contributed by atoms with Gasteiger partial charge in [0.1, 0.15) is 0 Å². The standard InChI is InChI=1S/C24H31N3O/c1-16(28)26-18-8-10-23(2)17(14-18)4-5-19-20-6-7-22(27-13-12-25-15-27)24(20,3)11-9-21(19)23/h4,6-7,12-13,15,18-19,21H,5,8-11,14H2,1-3H3,(H,26,28)/t18-,19?,21?,23+,24+/m1/s1. The minimum Gasteiger partial charge on any atom is -0.353 e. The summed E-state index contributed by atoms with van der Waals surface area (Å²) in [7, 11) is 0. The molecule has 1 amide bonds. The molecular weight excluding hydrogens is 346 g/mol. The second kappa shape index (κ2) is 6.20. The van der Waals surface area contributed by atoms with Gasteiger partial charge in [0.2, 0.25) is 5.91 Å². The summed E-state index contributed by atoms with van der Waals surface area (Å²) < 4.78 is 2.20. The number of carbonyl (C=O) groups is 1. The minimum atomic E-state index is 0.102. The Morgan fingerprint density at radius 3 is 2.86 bits per heavy atom. The summed E-state index contributed by atoms with van der Waals surface area (Å²) in [4.78, 5) is 15.8. The molecule has 5 atom stereocenters. The van der Waals surface area contributed by atoms with Crippen molar-refractivity contribution in [3.05, 3.63) is 48.1 Å².